The molecule has 1 saturated heterocycles. The Morgan fingerprint density at radius 1 is 1.07 bits per heavy atom. The van der Waals surface area contributed by atoms with Gasteiger partial charge in [0.2, 0.25) is 0 Å². The molecule has 1 aliphatic heterocycles. The van der Waals surface area contributed by atoms with E-state index >= 15 is 0 Å². The molecule has 0 aromatic carbocycles. The van der Waals surface area contributed by atoms with Gasteiger partial charge >= 0.3 is 0 Å². The van der Waals surface area contributed by atoms with Crippen LogP contribution >= 0.6 is 0 Å². The first-order chi connectivity index (χ1) is 6.73. The fourth-order valence-corrected chi connectivity index (χ4v) is 4.63. The van der Waals surface area contributed by atoms with Crippen molar-refractivity contribution in [3.05, 3.63) is 0 Å². The number of likely N-dealkylation sites (N-methyl/N-ethyl adjacent to an activating group) is 1. The zero-order valence-corrected chi connectivity index (χ0v) is 9.24. The van der Waals surface area contributed by atoms with Crippen LogP contribution in [0.1, 0.15) is 13.3 Å². The molecule has 5 rings (SSSR count). The van der Waals surface area contributed by atoms with Crippen LogP contribution in [-0.4, -0.2) is 49.1 Å². The number of rotatable bonds is 1. The lowest BCUT2D eigenvalue weighted by Crippen LogP contribution is -2.48. The van der Waals surface area contributed by atoms with Crippen LogP contribution in [0.2, 0.25) is 0 Å². The molecular formula is C12H20N2. The van der Waals surface area contributed by atoms with E-state index in [1.54, 1.807) is 0 Å². The van der Waals surface area contributed by atoms with Crippen molar-refractivity contribution >= 4 is 0 Å². The molecule has 0 radical (unpaired) electrons. The summed E-state index contributed by atoms with van der Waals surface area (Å²) in [4.78, 5) is 5.25. The molecule has 2 unspecified atom stereocenters. The lowest BCUT2D eigenvalue weighted by Gasteiger charge is -2.36. The maximum atomic E-state index is 2.79. The molecule has 1 heterocycles. The van der Waals surface area contributed by atoms with Gasteiger partial charge in [0.15, 0.2) is 0 Å². The maximum Gasteiger partial charge on any atom is 0.0136 e. The minimum Gasteiger partial charge on any atom is -0.304 e. The number of hydrogen-bond acceptors (Lipinski definition) is 2. The van der Waals surface area contributed by atoms with Crippen LogP contribution in [0, 0.1) is 23.2 Å². The second-order valence-electron chi connectivity index (χ2n) is 6.17. The molecule has 0 N–H and O–H groups in total. The van der Waals surface area contributed by atoms with E-state index < -0.39 is 0 Å². The van der Waals surface area contributed by atoms with E-state index in [0.717, 1.165) is 23.3 Å². The molecule has 5 atom stereocenters. The SMILES string of the molecule is CN1CCN(C2C[C@@H]3[C@@H]4C2[C@@]34C)CC1. The normalized spacial score (nSPS) is 61.3. The summed E-state index contributed by atoms with van der Waals surface area (Å²) in [5.41, 5.74) is 0.855. The van der Waals surface area contributed by atoms with Gasteiger partial charge in [0.05, 0.1) is 0 Å². The first kappa shape index (κ1) is 8.12. The molecular weight excluding hydrogens is 172 g/mol. The summed E-state index contributed by atoms with van der Waals surface area (Å²) in [5.74, 6) is 3.44. The zero-order chi connectivity index (χ0) is 9.50. The Morgan fingerprint density at radius 2 is 1.71 bits per heavy atom. The molecule has 2 nitrogen and oxygen atoms in total. The highest BCUT2D eigenvalue weighted by atomic mass is 15.3. The summed E-state index contributed by atoms with van der Waals surface area (Å²) < 4.78 is 0. The summed E-state index contributed by atoms with van der Waals surface area (Å²) in [7, 11) is 2.25. The van der Waals surface area contributed by atoms with Gasteiger partial charge in [-0.2, -0.15) is 0 Å². The van der Waals surface area contributed by atoms with Crippen molar-refractivity contribution in [2.24, 2.45) is 23.2 Å². The van der Waals surface area contributed by atoms with Gasteiger partial charge in [-0.15, -0.1) is 0 Å². The van der Waals surface area contributed by atoms with Crippen molar-refractivity contribution in [3.8, 4) is 0 Å². The molecule has 0 spiro atoms. The lowest BCUT2D eigenvalue weighted by molar-refractivity contribution is 0.106. The molecule has 2 heteroatoms. The minimum absolute atomic E-state index is 0.855. The molecule has 0 aromatic rings. The summed E-state index contributed by atoms with van der Waals surface area (Å²) >= 11 is 0. The van der Waals surface area contributed by atoms with Crippen molar-refractivity contribution in [1.82, 2.24) is 9.80 Å². The van der Waals surface area contributed by atoms with E-state index in [-0.39, 0.29) is 0 Å². The molecule has 5 fully saturated rings. The fraction of sp³-hybridized carbons (Fsp3) is 1.00. The first-order valence-corrected chi connectivity index (χ1v) is 6.15. The molecule has 0 amide bonds. The number of hydrogen-bond donors (Lipinski definition) is 0. The largest absolute Gasteiger partial charge is 0.304 e. The van der Waals surface area contributed by atoms with Gasteiger partial charge in [-0.05, 0) is 36.6 Å². The summed E-state index contributed by atoms with van der Waals surface area (Å²) in [5, 5.41) is 0. The molecule has 14 heavy (non-hydrogen) atoms. The van der Waals surface area contributed by atoms with Crippen molar-refractivity contribution in [2.75, 3.05) is 33.2 Å². The van der Waals surface area contributed by atoms with Gasteiger partial charge < -0.3 is 4.90 Å². The van der Waals surface area contributed by atoms with E-state index in [9.17, 15) is 0 Å². The van der Waals surface area contributed by atoms with Crippen LogP contribution in [0.5, 0.6) is 0 Å². The van der Waals surface area contributed by atoms with Crippen LogP contribution in [-0.2, 0) is 0 Å². The predicted molar refractivity (Wildman–Crippen MR) is 56.1 cm³/mol. The van der Waals surface area contributed by atoms with Crippen LogP contribution < -0.4 is 0 Å². The standard InChI is InChI=1S/C12H20N2/c1-12-8-7-9(11(12)10(8)12)14-5-3-13(2)4-6-14/h8-11H,3-7H2,1-2H3/t8-,9?,10-,11?,12+/m1/s1. The second kappa shape index (κ2) is 2.19. The highest BCUT2D eigenvalue weighted by Gasteiger charge is 2.89. The van der Waals surface area contributed by atoms with Crippen LogP contribution in [0.15, 0.2) is 0 Å². The molecule has 78 valence electrons. The van der Waals surface area contributed by atoms with Gasteiger partial charge in [0.1, 0.15) is 0 Å². The first-order valence-electron chi connectivity index (χ1n) is 6.15. The summed E-state index contributed by atoms with van der Waals surface area (Å²) in [6.45, 7) is 7.76. The van der Waals surface area contributed by atoms with Gasteiger partial charge in [0.25, 0.3) is 0 Å². The highest BCUT2D eigenvalue weighted by molar-refractivity contribution is 5.37. The Morgan fingerprint density at radius 3 is 2.21 bits per heavy atom. The van der Waals surface area contributed by atoms with Crippen molar-refractivity contribution in [3.63, 3.8) is 0 Å². The topological polar surface area (TPSA) is 6.48 Å². The maximum absolute atomic E-state index is 2.79. The predicted octanol–water partition coefficient (Wildman–Crippen LogP) is 0.888. The Balaban J connectivity index is 1.46. The monoisotopic (exact) mass is 192 g/mol. The molecule has 0 aromatic heterocycles. The third-order valence-electron chi connectivity index (χ3n) is 5.75. The Bertz CT molecular complexity index is 276. The lowest BCUT2D eigenvalue weighted by atomic mass is 10.1. The van der Waals surface area contributed by atoms with E-state index in [1.807, 2.05) is 0 Å². The van der Waals surface area contributed by atoms with E-state index in [0.29, 0.717) is 0 Å². The molecule has 4 aliphatic carbocycles. The van der Waals surface area contributed by atoms with Gasteiger partial charge in [0, 0.05) is 32.2 Å². The third-order valence-corrected chi connectivity index (χ3v) is 5.75. The molecule has 2 bridgehead atoms. The van der Waals surface area contributed by atoms with Gasteiger partial charge in [-0.3, -0.25) is 4.90 Å². The number of nitrogens with zero attached hydrogens (tertiary/aromatic N) is 2. The van der Waals surface area contributed by atoms with Crippen LogP contribution in [0.4, 0.5) is 0 Å². The number of fused-ring (bicyclic) bond motifs is 1. The quantitative estimate of drug-likeness (QED) is 0.609. The van der Waals surface area contributed by atoms with Crippen LogP contribution in [0.25, 0.3) is 0 Å². The van der Waals surface area contributed by atoms with Crippen LogP contribution in [0.3, 0.4) is 0 Å². The average Bonchev–Trinajstić information content (AvgIpc) is 2.83. The Kier molecular flexibility index (Phi) is 1.27. The molecule has 5 aliphatic rings. The van der Waals surface area contributed by atoms with Gasteiger partial charge in [-0.25, -0.2) is 0 Å². The van der Waals surface area contributed by atoms with Crippen molar-refractivity contribution < 1.29 is 0 Å². The fourth-order valence-electron chi connectivity index (χ4n) is 4.63. The van der Waals surface area contributed by atoms with Crippen molar-refractivity contribution in [2.45, 2.75) is 19.4 Å². The van der Waals surface area contributed by atoms with E-state index in [2.05, 4.69) is 23.8 Å². The van der Waals surface area contributed by atoms with Gasteiger partial charge in [-0.1, -0.05) is 6.92 Å². The highest BCUT2D eigenvalue weighted by Crippen LogP contribution is 2.91. The minimum atomic E-state index is 0.855. The Hall–Kier alpha value is -0.0800. The smallest absolute Gasteiger partial charge is 0.0136 e. The third kappa shape index (κ3) is 0.737. The molecule has 4 saturated carbocycles. The van der Waals surface area contributed by atoms with Crippen molar-refractivity contribution in [1.29, 1.82) is 0 Å². The Labute approximate surface area is 86.2 Å². The van der Waals surface area contributed by atoms with E-state index in [4.69, 9.17) is 0 Å². The summed E-state index contributed by atoms with van der Waals surface area (Å²) in [6.07, 6.45) is 1.54. The zero-order valence-electron chi connectivity index (χ0n) is 9.24. The average molecular weight is 192 g/mol. The number of piperazine rings is 1. The van der Waals surface area contributed by atoms with E-state index in [1.165, 1.54) is 38.5 Å². The second-order valence-corrected chi connectivity index (χ2v) is 6.17. The summed E-state index contributed by atoms with van der Waals surface area (Å²) in [6, 6.07) is 0.990.